The Balaban J connectivity index is 0.0000000979. The monoisotopic (exact) mass is 1650 g/mol. The van der Waals surface area contributed by atoms with Crippen LogP contribution in [-0.2, 0) is 0 Å². The zero-order chi connectivity index (χ0) is 83.3. The molecule has 24 aromatic rings. The van der Waals surface area contributed by atoms with Gasteiger partial charge in [0.1, 0.15) is 75.1 Å². The number of hydrogen-bond donors (Lipinski definition) is 0. The number of benzene rings is 5. The summed E-state index contributed by atoms with van der Waals surface area (Å²) in [7, 11) is 0. The van der Waals surface area contributed by atoms with E-state index in [2.05, 4.69) is 229 Å². The van der Waals surface area contributed by atoms with Gasteiger partial charge in [0.2, 0.25) is 5.71 Å². The maximum atomic E-state index is 5.70. The molecule has 0 fully saturated rings. The summed E-state index contributed by atoms with van der Waals surface area (Å²) in [6.07, 6.45) is 12.9. The summed E-state index contributed by atoms with van der Waals surface area (Å²) in [4.78, 5) is 61.7. The van der Waals surface area contributed by atoms with Gasteiger partial charge in [-0.3, -0.25) is 9.97 Å². The van der Waals surface area contributed by atoms with Crippen molar-refractivity contribution in [1.29, 1.82) is 0 Å². The fourth-order valence-corrected chi connectivity index (χ4v) is 18.2. The lowest BCUT2D eigenvalue weighted by molar-refractivity contribution is 0.653. The number of fused-ring (bicyclic) bond motifs is 24. The van der Waals surface area contributed by atoms with Crippen molar-refractivity contribution in [1.82, 2.24) is 64.8 Å². The molecule has 19 aromatic heterocycles. The molecule has 0 atom stereocenters. The summed E-state index contributed by atoms with van der Waals surface area (Å²) in [6.45, 7) is 32.6. The number of hydrogen-bond acceptors (Lipinski definition) is 21. The molecule has 21 heteroatoms. The van der Waals surface area contributed by atoms with E-state index in [9.17, 15) is 0 Å². The largest absolute Gasteiger partial charge is 0.454 e. The van der Waals surface area contributed by atoms with Gasteiger partial charge in [-0.15, -0.1) is 34.0 Å². The van der Waals surface area contributed by atoms with Gasteiger partial charge in [-0.2, -0.15) is 0 Å². The van der Waals surface area contributed by atoms with Gasteiger partial charge in [-0.1, -0.05) is 69.5 Å². The first-order valence-electron chi connectivity index (χ1n) is 39.3. The van der Waals surface area contributed by atoms with Gasteiger partial charge in [0.25, 0.3) is 0 Å². The van der Waals surface area contributed by atoms with Crippen LogP contribution in [0.1, 0.15) is 90.1 Å². The highest BCUT2D eigenvalue weighted by atomic mass is 32.1. The Kier molecular flexibility index (Phi) is 21.9. The fraction of sp³-hybridized carbons (Fsp3) is 0.162. The predicted molar refractivity (Wildman–Crippen MR) is 499 cm³/mol. The van der Waals surface area contributed by atoms with E-state index >= 15 is 0 Å². The molecule has 0 unspecified atom stereocenters. The molecule has 0 bridgehead atoms. The first-order valence-corrected chi connectivity index (χ1v) is 42.6. The van der Waals surface area contributed by atoms with Crippen LogP contribution in [-0.4, -0.2) is 64.8 Å². The maximum absolute atomic E-state index is 5.70. The van der Waals surface area contributed by atoms with Crippen LogP contribution >= 0.6 is 45.3 Å². The molecule has 0 saturated heterocycles. The van der Waals surface area contributed by atoms with Crippen molar-refractivity contribution in [3.05, 3.63) is 303 Å². The van der Waals surface area contributed by atoms with E-state index < -0.39 is 0 Å². The quantitative estimate of drug-likeness (QED) is 0.138. The summed E-state index contributed by atoms with van der Waals surface area (Å²) in [5.74, 6) is 0.770. The van der Waals surface area contributed by atoms with Gasteiger partial charge in [-0.25, -0.2) is 54.8 Å². The zero-order valence-corrected chi connectivity index (χ0v) is 72.6. The SMILES string of the molecule is Cc1ccc2oc3ccc(C)nc3c2c1.Cc1ccc2oc3cnc(C)cc3c2c1.Cc1ccc2oc3cnc(C)nc3c2c1.Cc1ccc2oc3ncc(C)cc3c2c1.Cc1ccc2sc3ccc(C)nc3c2n1.Cc1ccc2sc3ncc(C)nc3c2c1.Cc1cnc2sc3ccc(C)nc3c2c1.Cc1cnc2sc3ncc(C)cc3c2c1. The average molecular weight is 1650 g/mol. The molecule has 592 valence electrons. The Labute approximate surface area is 706 Å². The topological polar surface area (TPSA) is 220 Å². The molecule has 120 heavy (non-hydrogen) atoms. The van der Waals surface area contributed by atoms with Crippen molar-refractivity contribution >= 4 is 215 Å². The molecule has 0 radical (unpaired) electrons. The molecule has 0 aliphatic rings. The molecule has 19 heterocycles. The third-order valence-electron chi connectivity index (χ3n) is 20.2. The minimum absolute atomic E-state index is 0.723. The molecular weight excluding hydrogens is 1560 g/mol. The Bertz CT molecular complexity index is 6200. The van der Waals surface area contributed by atoms with Crippen LogP contribution in [0.5, 0.6) is 0 Å². The predicted octanol–water partition coefficient (Wildman–Crippen LogP) is 27.6. The van der Waals surface area contributed by atoms with Gasteiger partial charge in [0, 0.05) is 118 Å². The molecule has 0 N–H and O–H groups in total. The van der Waals surface area contributed by atoms with Crippen molar-refractivity contribution in [3.8, 4) is 0 Å². The second-order valence-corrected chi connectivity index (χ2v) is 34.7. The maximum Gasteiger partial charge on any atom is 0.227 e. The molecule has 17 nitrogen and oxygen atoms in total. The highest BCUT2D eigenvalue weighted by molar-refractivity contribution is 7.26. The number of furan rings is 4. The molecule has 0 saturated carbocycles. The zero-order valence-electron chi connectivity index (χ0n) is 69.3. The van der Waals surface area contributed by atoms with Gasteiger partial charge in [-0.05, 0) is 273 Å². The summed E-state index contributed by atoms with van der Waals surface area (Å²) < 4.78 is 27.6. The van der Waals surface area contributed by atoms with E-state index in [1.54, 1.807) is 57.7 Å². The molecule has 0 amide bonds. The molecule has 5 aromatic carbocycles. The number of aryl methyl sites for hydroxylation is 16. The minimum atomic E-state index is 0.723. The van der Waals surface area contributed by atoms with Crippen LogP contribution in [0.15, 0.2) is 231 Å². The van der Waals surface area contributed by atoms with Crippen LogP contribution in [0.25, 0.3) is 170 Å². The summed E-state index contributed by atoms with van der Waals surface area (Å²) in [5, 5.41) is 11.6. The normalized spacial score (nSPS) is 11.3. The fourth-order valence-electron chi connectivity index (χ4n) is 14.3. The lowest BCUT2D eigenvalue weighted by Crippen LogP contribution is -1.84. The Morgan fingerprint density at radius 1 is 0.192 bits per heavy atom. The van der Waals surface area contributed by atoms with E-state index in [0.717, 1.165) is 170 Å². The Morgan fingerprint density at radius 3 is 1.15 bits per heavy atom. The minimum Gasteiger partial charge on any atom is -0.454 e. The third-order valence-corrected chi connectivity index (χ3v) is 24.4. The summed E-state index contributed by atoms with van der Waals surface area (Å²) in [5.41, 5.74) is 30.0. The van der Waals surface area contributed by atoms with E-state index in [1.807, 2.05) is 147 Å². The van der Waals surface area contributed by atoms with Gasteiger partial charge in [0.15, 0.2) is 16.7 Å². The third kappa shape index (κ3) is 16.8. The number of rotatable bonds is 0. The van der Waals surface area contributed by atoms with Gasteiger partial charge < -0.3 is 17.7 Å². The highest BCUT2D eigenvalue weighted by Gasteiger charge is 2.16. The molecule has 0 spiro atoms. The lowest BCUT2D eigenvalue weighted by Gasteiger charge is -1.94. The van der Waals surface area contributed by atoms with E-state index in [-0.39, 0.29) is 0 Å². The molecule has 24 rings (SSSR count). The standard InChI is InChI=1S/3C13H11NO.C12H10N2O.4C12H10N2S/c1-8-3-5-11-10(7-8)13-12(15-11)6-4-9(2)14-13;1-8-3-4-12-10(5-8)11-6-9(2)14-7-13(11)15-12;1-8-3-4-12-10(5-8)11-6-9(2)7-14-13(11)15-12;1-7-3-4-10-9(5-7)12-11(15-10)6-13-8(2)14-12;1-7-3-9-10-4-8(2)6-14-12(10)15-11(9)13-5-7;1-7-3-5-9-11(13-7)12-10(15-9)6-4-8(2)14-12;1-7-5-9-11-10(4-3-8(2)14-11)15-12(9)13-6-7;1-7-3-4-10-9(5-7)11-12(15-10)13-6-8(2)14-11/h3*3-7H,1-2H3;5*3-6H,1-2H3. The molecule has 0 aliphatic heterocycles. The Hall–Kier alpha value is -13.3. The number of nitrogens with zero attached hydrogens (tertiary/aromatic N) is 13. The first kappa shape index (κ1) is 79.2. The van der Waals surface area contributed by atoms with E-state index in [4.69, 9.17) is 17.7 Å². The summed E-state index contributed by atoms with van der Waals surface area (Å²) >= 11 is 6.82. The molecular formula is C99H83N13O4S4. The van der Waals surface area contributed by atoms with Gasteiger partial charge >= 0.3 is 0 Å². The number of aromatic nitrogens is 13. The van der Waals surface area contributed by atoms with Crippen LogP contribution < -0.4 is 0 Å². The van der Waals surface area contributed by atoms with Crippen molar-refractivity contribution < 1.29 is 17.7 Å². The number of pyridine rings is 9. The van der Waals surface area contributed by atoms with E-state index in [1.165, 1.54) is 90.2 Å². The Morgan fingerprint density at radius 2 is 0.567 bits per heavy atom. The van der Waals surface area contributed by atoms with Crippen molar-refractivity contribution in [3.63, 3.8) is 0 Å². The lowest BCUT2D eigenvalue weighted by atomic mass is 10.1. The van der Waals surface area contributed by atoms with Crippen LogP contribution in [0.2, 0.25) is 0 Å². The highest BCUT2D eigenvalue weighted by Crippen LogP contribution is 2.38. The first-order chi connectivity index (χ1) is 57.9. The molecule has 0 aliphatic carbocycles. The van der Waals surface area contributed by atoms with Crippen molar-refractivity contribution in [2.75, 3.05) is 0 Å². The van der Waals surface area contributed by atoms with Gasteiger partial charge in [0.05, 0.1) is 37.7 Å². The van der Waals surface area contributed by atoms with Crippen molar-refractivity contribution in [2.24, 2.45) is 0 Å². The van der Waals surface area contributed by atoms with Crippen LogP contribution in [0.4, 0.5) is 0 Å². The average Bonchev–Trinajstić information content (AvgIpc) is 1.69. The van der Waals surface area contributed by atoms with E-state index in [0.29, 0.717) is 0 Å². The van der Waals surface area contributed by atoms with Crippen molar-refractivity contribution in [2.45, 2.75) is 111 Å². The second-order valence-electron chi connectivity index (χ2n) is 30.6. The second kappa shape index (κ2) is 33.2. The van der Waals surface area contributed by atoms with Crippen LogP contribution in [0, 0.1) is 111 Å². The van der Waals surface area contributed by atoms with Crippen LogP contribution in [0.3, 0.4) is 0 Å². The number of thiophene rings is 4. The summed E-state index contributed by atoms with van der Waals surface area (Å²) in [6, 6.07) is 58.3. The smallest absolute Gasteiger partial charge is 0.227 e.